The van der Waals surface area contributed by atoms with Gasteiger partial charge in [0.1, 0.15) is 0 Å². The fourth-order valence-electron chi connectivity index (χ4n) is 6.70. The largest absolute Gasteiger partial charge is 0.308 e. The fourth-order valence-corrected chi connectivity index (χ4v) is 7.76. The second-order valence-corrected chi connectivity index (χ2v) is 12.4. The van der Waals surface area contributed by atoms with Gasteiger partial charge in [0.05, 0.1) is 11.4 Å². The van der Waals surface area contributed by atoms with Crippen molar-refractivity contribution in [1.82, 2.24) is 0 Å². The van der Waals surface area contributed by atoms with Crippen LogP contribution in [0.3, 0.4) is 0 Å². The number of fused-ring (bicyclic) bond motifs is 2. The molecule has 1 aliphatic rings. The third-order valence-electron chi connectivity index (χ3n) is 8.81. The number of benzene rings is 8. The van der Waals surface area contributed by atoms with Crippen molar-refractivity contribution >= 4 is 66.9 Å². The van der Waals surface area contributed by atoms with E-state index in [9.17, 15) is 4.79 Å². The van der Waals surface area contributed by atoms with Crippen LogP contribution in [-0.4, -0.2) is 5.78 Å². The maximum absolute atomic E-state index is 13.6. The quantitative estimate of drug-likeness (QED) is 0.153. The lowest BCUT2D eigenvalue weighted by Gasteiger charge is -2.32. The lowest BCUT2D eigenvalue weighted by molar-refractivity contribution is 0.103. The summed E-state index contributed by atoms with van der Waals surface area (Å²) in [4.78, 5) is 18.3. The van der Waals surface area contributed by atoms with Gasteiger partial charge in [0.25, 0.3) is 0 Å². The van der Waals surface area contributed by atoms with Crippen LogP contribution < -0.4 is 4.90 Å². The van der Waals surface area contributed by atoms with E-state index in [-0.39, 0.29) is 5.78 Å². The molecule has 0 saturated heterocycles. The Bertz CT molecular complexity index is 2310. The van der Waals surface area contributed by atoms with Crippen molar-refractivity contribution in [3.8, 4) is 11.1 Å². The van der Waals surface area contributed by atoms with E-state index in [0.717, 1.165) is 22.6 Å². The Hall–Kier alpha value is -5.38. The van der Waals surface area contributed by atoms with E-state index in [0.29, 0.717) is 11.1 Å². The van der Waals surface area contributed by atoms with Gasteiger partial charge in [0, 0.05) is 26.6 Å². The molecule has 1 aliphatic heterocycles. The van der Waals surface area contributed by atoms with Crippen LogP contribution >= 0.6 is 11.8 Å². The Labute approximate surface area is 259 Å². The fraction of sp³-hybridized carbons (Fsp3) is 0. The summed E-state index contributed by atoms with van der Waals surface area (Å²) in [5.41, 5.74) is 6.98. The average Bonchev–Trinajstić information content (AvgIpc) is 3.09. The molecule has 8 aromatic rings. The van der Waals surface area contributed by atoms with E-state index < -0.39 is 0 Å². The standard InChI is InChI=1S/C41H25NOS/c43-41(31-18-22-32(23-19-31)42-35-8-1-3-10-37(35)44-38-11-4-2-9-36(38)42)30-16-12-26(13-17-30)33-24-20-29-15-14-27-6-5-7-28-21-25-34(33)40(29)39(27)28/h1-25H. The highest BCUT2D eigenvalue weighted by Gasteiger charge is 2.24. The van der Waals surface area contributed by atoms with Crippen LogP contribution in [0, 0.1) is 0 Å². The molecule has 0 amide bonds. The first kappa shape index (κ1) is 25.1. The summed E-state index contributed by atoms with van der Waals surface area (Å²) in [6.45, 7) is 0. The Morgan fingerprint density at radius 3 is 1.68 bits per heavy atom. The van der Waals surface area contributed by atoms with Crippen LogP contribution in [0.1, 0.15) is 15.9 Å². The molecule has 0 radical (unpaired) electrons. The number of para-hydroxylation sites is 2. The van der Waals surface area contributed by atoms with Crippen molar-refractivity contribution in [2.45, 2.75) is 9.79 Å². The van der Waals surface area contributed by atoms with Crippen molar-refractivity contribution < 1.29 is 4.79 Å². The number of hydrogen-bond donors (Lipinski definition) is 0. The molecule has 0 saturated carbocycles. The number of ketones is 1. The first-order valence-corrected chi connectivity index (χ1v) is 15.6. The van der Waals surface area contributed by atoms with Crippen molar-refractivity contribution in [3.05, 3.63) is 163 Å². The topological polar surface area (TPSA) is 20.3 Å². The smallest absolute Gasteiger partial charge is 0.193 e. The molecule has 0 aliphatic carbocycles. The van der Waals surface area contributed by atoms with Gasteiger partial charge >= 0.3 is 0 Å². The minimum atomic E-state index is 0.0217. The van der Waals surface area contributed by atoms with Gasteiger partial charge in [-0.05, 0) is 92.0 Å². The van der Waals surface area contributed by atoms with E-state index in [1.807, 2.05) is 24.3 Å². The van der Waals surface area contributed by atoms with E-state index in [1.165, 1.54) is 47.7 Å². The third-order valence-corrected chi connectivity index (χ3v) is 9.94. The summed E-state index contributed by atoms with van der Waals surface area (Å²) in [5.74, 6) is 0.0217. The van der Waals surface area contributed by atoms with E-state index in [1.54, 1.807) is 11.8 Å². The van der Waals surface area contributed by atoms with Crippen LogP contribution in [0.25, 0.3) is 43.4 Å². The second kappa shape index (κ2) is 9.84. The normalized spacial score (nSPS) is 12.5. The van der Waals surface area contributed by atoms with Gasteiger partial charge < -0.3 is 4.90 Å². The van der Waals surface area contributed by atoms with Crippen LogP contribution in [0.15, 0.2) is 161 Å². The molecule has 44 heavy (non-hydrogen) atoms. The number of carbonyl (C=O) groups is 1. The maximum Gasteiger partial charge on any atom is 0.193 e. The van der Waals surface area contributed by atoms with E-state index in [4.69, 9.17) is 0 Å². The van der Waals surface area contributed by atoms with E-state index in [2.05, 4.69) is 132 Å². The van der Waals surface area contributed by atoms with Gasteiger partial charge in [-0.15, -0.1) is 0 Å². The SMILES string of the molecule is O=C(c1ccc(-c2ccc3ccc4cccc5ccc2c3c45)cc1)c1ccc(N2c3ccccc3Sc3ccccc32)cc1. The molecule has 0 spiro atoms. The molecule has 2 nitrogen and oxygen atoms in total. The Balaban J connectivity index is 1.04. The second-order valence-electron chi connectivity index (χ2n) is 11.3. The highest BCUT2D eigenvalue weighted by molar-refractivity contribution is 7.99. The first-order valence-electron chi connectivity index (χ1n) is 14.8. The summed E-state index contributed by atoms with van der Waals surface area (Å²) in [7, 11) is 0. The van der Waals surface area contributed by atoms with Crippen molar-refractivity contribution in [2.75, 3.05) is 4.90 Å². The Morgan fingerprint density at radius 2 is 1.02 bits per heavy atom. The van der Waals surface area contributed by atoms with Crippen molar-refractivity contribution in [3.63, 3.8) is 0 Å². The minimum absolute atomic E-state index is 0.0217. The molecule has 9 rings (SSSR count). The van der Waals surface area contributed by atoms with Crippen LogP contribution in [0.2, 0.25) is 0 Å². The Morgan fingerprint density at radius 1 is 0.477 bits per heavy atom. The summed E-state index contributed by atoms with van der Waals surface area (Å²) in [5, 5.41) is 7.62. The zero-order valence-corrected chi connectivity index (χ0v) is 24.5. The third kappa shape index (κ3) is 3.87. The highest BCUT2D eigenvalue weighted by atomic mass is 32.2. The van der Waals surface area contributed by atoms with Crippen LogP contribution in [-0.2, 0) is 0 Å². The van der Waals surface area contributed by atoms with Gasteiger partial charge in [0.2, 0.25) is 0 Å². The van der Waals surface area contributed by atoms with Gasteiger partial charge in [-0.3, -0.25) is 4.79 Å². The molecule has 3 heteroatoms. The van der Waals surface area contributed by atoms with E-state index >= 15 is 0 Å². The molecule has 0 N–H and O–H groups in total. The number of nitrogens with zero attached hydrogens (tertiary/aromatic N) is 1. The summed E-state index contributed by atoms with van der Waals surface area (Å²) in [6.07, 6.45) is 0. The zero-order valence-electron chi connectivity index (χ0n) is 23.7. The van der Waals surface area contributed by atoms with Crippen molar-refractivity contribution in [1.29, 1.82) is 0 Å². The lowest BCUT2D eigenvalue weighted by atomic mass is 9.89. The van der Waals surface area contributed by atoms with Gasteiger partial charge in [-0.25, -0.2) is 0 Å². The number of carbonyl (C=O) groups excluding carboxylic acids is 1. The number of hydrogen-bond acceptors (Lipinski definition) is 3. The monoisotopic (exact) mass is 579 g/mol. The maximum atomic E-state index is 13.6. The lowest BCUT2D eigenvalue weighted by Crippen LogP contribution is -2.14. The van der Waals surface area contributed by atoms with Gasteiger partial charge in [-0.1, -0.05) is 115 Å². The average molecular weight is 580 g/mol. The molecule has 1 heterocycles. The summed E-state index contributed by atoms with van der Waals surface area (Å²) in [6, 6.07) is 52.8. The van der Waals surface area contributed by atoms with Crippen molar-refractivity contribution in [2.24, 2.45) is 0 Å². The zero-order chi connectivity index (χ0) is 29.2. The molecule has 0 atom stereocenters. The Kier molecular flexibility index (Phi) is 5.62. The molecule has 0 fully saturated rings. The van der Waals surface area contributed by atoms with Crippen LogP contribution in [0.4, 0.5) is 17.1 Å². The predicted octanol–water partition coefficient (Wildman–Crippen LogP) is 11.4. The molecule has 0 unspecified atom stereocenters. The summed E-state index contributed by atoms with van der Waals surface area (Å²) < 4.78 is 0. The number of anilines is 3. The molecule has 206 valence electrons. The molecular formula is C41H25NOS. The molecule has 0 bridgehead atoms. The van der Waals surface area contributed by atoms with Crippen LogP contribution in [0.5, 0.6) is 0 Å². The molecule has 0 aromatic heterocycles. The highest BCUT2D eigenvalue weighted by Crippen LogP contribution is 2.51. The summed E-state index contributed by atoms with van der Waals surface area (Å²) >= 11 is 1.79. The number of rotatable bonds is 4. The first-order chi connectivity index (χ1) is 21.7. The van der Waals surface area contributed by atoms with Gasteiger partial charge in [0.15, 0.2) is 5.78 Å². The molecule has 8 aromatic carbocycles. The molecular weight excluding hydrogens is 555 g/mol. The van der Waals surface area contributed by atoms with Gasteiger partial charge in [-0.2, -0.15) is 0 Å². The predicted molar refractivity (Wildman–Crippen MR) is 184 cm³/mol. The minimum Gasteiger partial charge on any atom is -0.308 e.